The monoisotopic (exact) mass is 566 g/mol. The Morgan fingerprint density at radius 1 is 0.951 bits per heavy atom. The van der Waals surface area contributed by atoms with Crippen molar-refractivity contribution < 1.29 is 27.9 Å². The molecule has 3 N–H and O–H groups in total. The number of aliphatic hydroxyl groups is 1. The van der Waals surface area contributed by atoms with E-state index in [2.05, 4.69) is 15.6 Å². The number of amides is 2. The van der Waals surface area contributed by atoms with Gasteiger partial charge < -0.3 is 20.6 Å². The quantitative estimate of drug-likeness (QED) is 0.391. The van der Waals surface area contributed by atoms with Gasteiger partial charge in [0.05, 0.1) is 17.8 Å². The predicted molar refractivity (Wildman–Crippen MR) is 148 cm³/mol. The van der Waals surface area contributed by atoms with E-state index in [-0.39, 0.29) is 30.1 Å². The fourth-order valence-corrected chi connectivity index (χ4v) is 5.65. The first-order valence-electron chi connectivity index (χ1n) is 13.8. The lowest BCUT2D eigenvalue weighted by atomic mass is 9.79. The Labute approximate surface area is 236 Å². The van der Waals surface area contributed by atoms with E-state index in [0.717, 1.165) is 42.5 Å². The van der Waals surface area contributed by atoms with Crippen LogP contribution < -0.4 is 10.6 Å². The Bertz CT molecular complexity index is 1360. The van der Waals surface area contributed by atoms with Crippen molar-refractivity contribution in [2.45, 2.75) is 56.0 Å². The zero-order chi connectivity index (χ0) is 29.0. The Kier molecular flexibility index (Phi) is 8.42. The highest BCUT2D eigenvalue weighted by Gasteiger charge is 2.37. The third-order valence-electron chi connectivity index (χ3n) is 8.02. The molecule has 0 bridgehead atoms. The van der Waals surface area contributed by atoms with Crippen molar-refractivity contribution in [1.82, 2.24) is 20.5 Å². The van der Waals surface area contributed by atoms with Crippen molar-refractivity contribution in [2.75, 3.05) is 19.6 Å². The lowest BCUT2D eigenvalue weighted by Crippen LogP contribution is -2.46. The van der Waals surface area contributed by atoms with Gasteiger partial charge in [0.15, 0.2) is 0 Å². The minimum absolute atomic E-state index is 0.0950. The maximum absolute atomic E-state index is 12.9. The van der Waals surface area contributed by atoms with Crippen LogP contribution in [0.3, 0.4) is 0 Å². The Hall–Kier alpha value is -3.76. The number of halogens is 3. The molecule has 2 fully saturated rings. The molecule has 3 aromatic rings. The predicted octanol–water partition coefficient (Wildman–Crippen LogP) is 4.52. The molecular formula is C31H33F3N4O3. The molecule has 1 atom stereocenters. The Balaban J connectivity index is 1.06. The fourth-order valence-electron chi connectivity index (χ4n) is 5.65. The van der Waals surface area contributed by atoms with Crippen molar-refractivity contribution in [3.05, 3.63) is 89.7 Å². The maximum atomic E-state index is 12.9. The summed E-state index contributed by atoms with van der Waals surface area (Å²) in [5.74, 6) is -1.00. The van der Waals surface area contributed by atoms with E-state index < -0.39 is 23.2 Å². The van der Waals surface area contributed by atoms with Gasteiger partial charge >= 0.3 is 6.18 Å². The molecule has 10 heteroatoms. The normalized spacial score (nSPS) is 22.9. The van der Waals surface area contributed by atoms with Gasteiger partial charge in [0.2, 0.25) is 5.91 Å². The molecule has 2 aromatic carbocycles. The molecule has 1 saturated carbocycles. The number of pyridine rings is 1. The average Bonchev–Trinajstić information content (AvgIpc) is 3.46. The maximum Gasteiger partial charge on any atom is 0.416 e. The molecule has 0 radical (unpaired) electrons. The van der Waals surface area contributed by atoms with Crippen molar-refractivity contribution in [2.24, 2.45) is 0 Å². The van der Waals surface area contributed by atoms with Crippen molar-refractivity contribution in [3.8, 4) is 11.1 Å². The van der Waals surface area contributed by atoms with Gasteiger partial charge in [0.25, 0.3) is 5.91 Å². The van der Waals surface area contributed by atoms with Crippen LogP contribution in [-0.2, 0) is 16.6 Å². The number of alkyl halides is 3. The number of likely N-dealkylation sites (tertiary alicyclic amines) is 1. The summed E-state index contributed by atoms with van der Waals surface area (Å²) in [6.07, 6.45) is 0.728. The number of benzene rings is 2. The van der Waals surface area contributed by atoms with Crippen LogP contribution in [0.4, 0.5) is 13.2 Å². The van der Waals surface area contributed by atoms with Crippen LogP contribution in [0.2, 0.25) is 0 Å². The number of nitrogens with zero attached hydrogens (tertiary/aromatic N) is 2. The van der Waals surface area contributed by atoms with Gasteiger partial charge in [-0.15, -0.1) is 0 Å². The topological polar surface area (TPSA) is 94.6 Å². The van der Waals surface area contributed by atoms with Crippen LogP contribution in [0.1, 0.15) is 53.7 Å². The first-order chi connectivity index (χ1) is 19.6. The number of aromatic nitrogens is 1. The lowest BCUT2D eigenvalue weighted by Gasteiger charge is -2.37. The number of rotatable bonds is 7. The van der Waals surface area contributed by atoms with Gasteiger partial charge in [-0.1, -0.05) is 42.5 Å². The van der Waals surface area contributed by atoms with E-state index in [4.69, 9.17) is 0 Å². The molecule has 1 aliphatic carbocycles. The molecular weight excluding hydrogens is 533 g/mol. The summed E-state index contributed by atoms with van der Waals surface area (Å²) in [6.45, 7) is 0.736. The highest BCUT2D eigenvalue weighted by atomic mass is 19.4. The summed E-state index contributed by atoms with van der Waals surface area (Å²) in [6, 6.07) is 18.3. The fraction of sp³-hybridized carbons (Fsp3) is 0.387. The van der Waals surface area contributed by atoms with Gasteiger partial charge in [-0.3, -0.25) is 14.6 Å². The highest BCUT2D eigenvalue weighted by Crippen LogP contribution is 2.37. The molecule has 1 saturated heterocycles. The zero-order valence-corrected chi connectivity index (χ0v) is 22.5. The van der Waals surface area contributed by atoms with Gasteiger partial charge in [-0.05, 0) is 61.9 Å². The van der Waals surface area contributed by atoms with Crippen molar-refractivity contribution >= 4 is 11.8 Å². The van der Waals surface area contributed by atoms with E-state index >= 15 is 0 Å². The summed E-state index contributed by atoms with van der Waals surface area (Å²) in [7, 11) is 0. The molecule has 1 aromatic heterocycles. The minimum atomic E-state index is -4.55. The van der Waals surface area contributed by atoms with Gasteiger partial charge in [0.1, 0.15) is 5.60 Å². The van der Waals surface area contributed by atoms with Crippen LogP contribution in [0.15, 0.2) is 72.9 Å². The molecule has 7 nitrogen and oxygen atoms in total. The largest absolute Gasteiger partial charge is 0.416 e. The minimum Gasteiger partial charge on any atom is -0.384 e. The van der Waals surface area contributed by atoms with E-state index in [1.807, 2.05) is 42.5 Å². The molecule has 2 amide bonds. The van der Waals surface area contributed by atoms with Crippen LogP contribution >= 0.6 is 0 Å². The van der Waals surface area contributed by atoms with Crippen LogP contribution in [0, 0.1) is 0 Å². The second kappa shape index (κ2) is 12.0. The molecule has 216 valence electrons. The molecule has 2 aliphatic rings. The molecule has 2 heterocycles. The standard InChI is InChI=1S/C31H33F3N4O3/c32-31(33,34)24-8-4-7-22(17-24)29(40)36-19-28(39)38-16-13-26(20-38)37-25-11-14-30(41,15-12-25)27-10-9-23(18-35-27)21-5-2-1-3-6-21/h1-10,17-18,25-26,37,41H,11-16,19-20H2,(H,36,40). The van der Waals surface area contributed by atoms with Crippen molar-refractivity contribution in [1.29, 1.82) is 0 Å². The van der Waals surface area contributed by atoms with Gasteiger partial charge in [-0.2, -0.15) is 13.2 Å². The van der Waals surface area contributed by atoms with Crippen molar-refractivity contribution in [3.63, 3.8) is 0 Å². The number of nitrogens with one attached hydrogen (secondary N) is 2. The van der Waals surface area contributed by atoms with Gasteiger partial charge in [0, 0.05) is 42.5 Å². The molecule has 1 unspecified atom stereocenters. The van der Waals surface area contributed by atoms with Crippen LogP contribution in [0.5, 0.6) is 0 Å². The van der Waals surface area contributed by atoms with E-state index in [9.17, 15) is 27.9 Å². The van der Waals surface area contributed by atoms with E-state index in [1.165, 1.54) is 12.1 Å². The van der Waals surface area contributed by atoms with Crippen LogP contribution in [0.25, 0.3) is 11.1 Å². The third-order valence-corrected chi connectivity index (χ3v) is 8.02. The number of hydrogen-bond donors (Lipinski definition) is 3. The Morgan fingerprint density at radius 3 is 2.39 bits per heavy atom. The summed E-state index contributed by atoms with van der Waals surface area (Å²) >= 11 is 0. The highest BCUT2D eigenvalue weighted by molar-refractivity contribution is 5.96. The first-order valence-corrected chi connectivity index (χ1v) is 13.8. The lowest BCUT2D eigenvalue weighted by molar-refractivity contribution is -0.137. The SMILES string of the molecule is O=C(NCC(=O)N1CCC(NC2CCC(O)(c3ccc(-c4ccccc4)cn3)CC2)C1)c1cccc(C(F)(F)F)c1. The van der Waals surface area contributed by atoms with E-state index in [0.29, 0.717) is 31.6 Å². The zero-order valence-electron chi connectivity index (χ0n) is 22.5. The molecule has 1 aliphatic heterocycles. The summed E-state index contributed by atoms with van der Waals surface area (Å²) in [4.78, 5) is 31.2. The smallest absolute Gasteiger partial charge is 0.384 e. The second-order valence-electron chi connectivity index (χ2n) is 10.9. The summed E-state index contributed by atoms with van der Waals surface area (Å²) < 4.78 is 38.8. The van der Waals surface area contributed by atoms with Gasteiger partial charge in [-0.25, -0.2) is 0 Å². The third kappa shape index (κ3) is 6.94. The van der Waals surface area contributed by atoms with Crippen LogP contribution in [-0.4, -0.2) is 58.5 Å². The Morgan fingerprint density at radius 2 is 1.71 bits per heavy atom. The second-order valence-corrected chi connectivity index (χ2v) is 10.9. The summed E-state index contributed by atoms with van der Waals surface area (Å²) in [5, 5.41) is 17.4. The summed E-state index contributed by atoms with van der Waals surface area (Å²) in [5.41, 5.74) is 0.734. The number of carbonyl (C=O) groups is 2. The molecule has 0 spiro atoms. The molecule has 5 rings (SSSR count). The average molecular weight is 567 g/mol. The number of hydrogen-bond acceptors (Lipinski definition) is 5. The first kappa shape index (κ1) is 28.8. The molecule has 41 heavy (non-hydrogen) atoms. The van der Waals surface area contributed by atoms with E-state index in [1.54, 1.807) is 11.1 Å². The number of carbonyl (C=O) groups excluding carboxylic acids is 2.